The second kappa shape index (κ2) is 6.04. The van der Waals surface area contributed by atoms with Gasteiger partial charge in [-0.3, -0.25) is 4.79 Å². The number of ether oxygens (including phenoxy) is 2. The number of hydrogen-bond donors (Lipinski definition) is 1. The molecule has 2 saturated heterocycles. The van der Waals surface area contributed by atoms with E-state index in [1.807, 2.05) is 0 Å². The predicted molar refractivity (Wildman–Crippen MR) is 86.0 cm³/mol. The maximum absolute atomic E-state index is 12.4. The third-order valence-electron chi connectivity index (χ3n) is 4.86. The highest BCUT2D eigenvalue weighted by Gasteiger charge is 2.39. The third-order valence-corrected chi connectivity index (χ3v) is 6.22. The highest BCUT2D eigenvalue weighted by Crippen LogP contribution is 2.36. The van der Waals surface area contributed by atoms with Crippen molar-refractivity contribution in [3.05, 3.63) is 24.3 Å². The zero-order valence-electron chi connectivity index (χ0n) is 13.3. The number of carbonyl (C=O) groups is 1. The lowest BCUT2D eigenvalue weighted by Crippen LogP contribution is -2.40. The van der Waals surface area contributed by atoms with Crippen LogP contribution in [0.1, 0.15) is 38.5 Å². The molecule has 6 nitrogen and oxygen atoms in total. The van der Waals surface area contributed by atoms with Gasteiger partial charge in [-0.1, -0.05) is 0 Å². The maximum atomic E-state index is 12.4. The van der Waals surface area contributed by atoms with Crippen LogP contribution in [0, 0.1) is 5.92 Å². The van der Waals surface area contributed by atoms with Gasteiger partial charge >= 0.3 is 0 Å². The fourth-order valence-corrected chi connectivity index (χ4v) is 4.47. The van der Waals surface area contributed by atoms with Crippen LogP contribution >= 0.6 is 0 Å². The summed E-state index contributed by atoms with van der Waals surface area (Å²) in [7, 11) is -3.85. The number of amides is 1. The maximum Gasteiger partial charge on any atom is 0.264 e. The van der Waals surface area contributed by atoms with E-state index < -0.39 is 15.9 Å². The summed E-state index contributed by atoms with van der Waals surface area (Å²) in [5.41, 5.74) is 0. The van der Waals surface area contributed by atoms with Crippen LogP contribution in [0.4, 0.5) is 0 Å². The minimum atomic E-state index is -3.85. The van der Waals surface area contributed by atoms with Crippen molar-refractivity contribution in [3.63, 3.8) is 0 Å². The molecule has 1 amide bonds. The van der Waals surface area contributed by atoms with E-state index in [1.165, 1.54) is 12.1 Å². The van der Waals surface area contributed by atoms with Crippen LogP contribution in [0.2, 0.25) is 0 Å². The van der Waals surface area contributed by atoms with Crippen molar-refractivity contribution in [2.75, 3.05) is 0 Å². The molecule has 0 spiro atoms. The van der Waals surface area contributed by atoms with Crippen LogP contribution in [-0.2, 0) is 19.6 Å². The van der Waals surface area contributed by atoms with Crippen LogP contribution in [0.15, 0.2) is 29.2 Å². The number of hydrogen-bond acceptors (Lipinski definition) is 5. The molecule has 1 aromatic rings. The van der Waals surface area contributed by atoms with Crippen molar-refractivity contribution in [1.29, 1.82) is 0 Å². The van der Waals surface area contributed by atoms with E-state index in [0.717, 1.165) is 25.7 Å². The molecule has 0 radical (unpaired) electrons. The van der Waals surface area contributed by atoms with Crippen molar-refractivity contribution in [2.45, 2.75) is 61.7 Å². The Hall–Kier alpha value is -1.60. The van der Waals surface area contributed by atoms with Gasteiger partial charge in [0.25, 0.3) is 10.0 Å². The van der Waals surface area contributed by atoms with Gasteiger partial charge in [0.2, 0.25) is 5.91 Å². The first kappa shape index (κ1) is 15.9. The van der Waals surface area contributed by atoms with Crippen LogP contribution in [-0.4, -0.2) is 32.6 Å². The summed E-state index contributed by atoms with van der Waals surface area (Å²) in [6, 6.07) is 6.21. The molecule has 3 atom stereocenters. The standard InChI is InChI=1S/C17H21NO5S/c19-17(11-9-14-3-4-15(10-11)23-14)18-24(20,21)16-7-5-13(6-8-16)22-12-1-2-12/h5-8,11-12,14-15H,1-4,9-10H2,(H,18,19)/t11?,14-,15+. The highest BCUT2D eigenvalue weighted by molar-refractivity contribution is 7.90. The molecular weight excluding hydrogens is 330 g/mol. The molecule has 2 bridgehead atoms. The zero-order valence-corrected chi connectivity index (χ0v) is 14.1. The summed E-state index contributed by atoms with van der Waals surface area (Å²) in [6.07, 6.45) is 5.68. The summed E-state index contributed by atoms with van der Waals surface area (Å²) in [6.45, 7) is 0. The molecule has 1 unspecified atom stereocenters. The lowest BCUT2D eigenvalue weighted by Gasteiger charge is -2.27. The molecule has 1 aliphatic carbocycles. The monoisotopic (exact) mass is 351 g/mol. The van der Waals surface area contributed by atoms with Gasteiger partial charge in [-0.15, -0.1) is 0 Å². The summed E-state index contributed by atoms with van der Waals surface area (Å²) in [5, 5.41) is 0. The normalized spacial score (nSPS) is 29.2. The summed E-state index contributed by atoms with van der Waals surface area (Å²) < 4.78 is 38.3. The Kier molecular flexibility index (Phi) is 4.00. The number of nitrogens with one attached hydrogen (secondary N) is 1. The molecule has 24 heavy (non-hydrogen) atoms. The van der Waals surface area contributed by atoms with Gasteiger partial charge in [-0.05, 0) is 62.8 Å². The molecule has 3 aliphatic rings. The van der Waals surface area contributed by atoms with E-state index >= 15 is 0 Å². The molecule has 1 N–H and O–H groups in total. The molecule has 7 heteroatoms. The summed E-state index contributed by atoms with van der Waals surface area (Å²) in [4.78, 5) is 12.4. The highest BCUT2D eigenvalue weighted by atomic mass is 32.2. The van der Waals surface area contributed by atoms with Crippen molar-refractivity contribution >= 4 is 15.9 Å². The van der Waals surface area contributed by atoms with E-state index in [2.05, 4.69) is 4.72 Å². The van der Waals surface area contributed by atoms with E-state index in [-0.39, 0.29) is 29.1 Å². The van der Waals surface area contributed by atoms with E-state index in [4.69, 9.17) is 9.47 Å². The van der Waals surface area contributed by atoms with Crippen LogP contribution in [0.5, 0.6) is 5.75 Å². The summed E-state index contributed by atoms with van der Waals surface area (Å²) >= 11 is 0. The predicted octanol–water partition coefficient (Wildman–Crippen LogP) is 1.99. The SMILES string of the molecule is O=C(NS(=O)(=O)c1ccc(OC2CC2)cc1)C1C[C@H]2CC[C@@H](C1)O2. The largest absolute Gasteiger partial charge is 0.490 e. The molecule has 0 aromatic heterocycles. The molecule has 2 aliphatic heterocycles. The molecule has 2 heterocycles. The Morgan fingerprint density at radius 1 is 1.04 bits per heavy atom. The second-order valence-corrected chi connectivity index (χ2v) is 8.57. The number of rotatable bonds is 5. The average Bonchev–Trinajstić information content (AvgIpc) is 3.30. The Balaban J connectivity index is 1.41. The zero-order chi connectivity index (χ0) is 16.7. The smallest absolute Gasteiger partial charge is 0.264 e. The van der Waals surface area contributed by atoms with E-state index in [1.54, 1.807) is 12.1 Å². The number of sulfonamides is 1. The van der Waals surface area contributed by atoms with E-state index in [0.29, 0.717) is 18.6 Å². The van der Waals surface area contributed by atoms with Crippen LogP contribution in [0.25, 0.3) is 0 Å². The van der Waals surface area contributed by atoms with Crippen molar-refractivity contribution in [2.24, 2.45) is 5.92 Å². The average molecular weight is 351 g/mol. The van der Waals surface area contributed by atoms with Gasteiger partial charge in [-0.25, -0.2) is 13.1 Å². The first-order chi connectivity index (χ1) is 11.5. The molecule has 4 rings (SSSR count). The quantitative estimate of drug-likeness (QED) is 0.877. The fourth-order valence-electron chi connectivity index (χ4n) is 3.42. The topological polar surface area (TPSA) is 81.7 Å². The van der Waals surface area contributed by atoms with Crippen LogP contribution < -0.4 is 9.46 Å². The molecule has 130 valence electrons. The first-order valence-electron chi connectivity index (χ1n) is 8.48. The van der Waals surface area contributed by atoms with Crippen molar-refractivity contribution < 1.29 is 22.7 Å². The van der Waals surface area contributed by atoms with Crippen LogP contribution in [0.3, 0.4) is 0 Å². The van der Waals surface area contributed by atoms with Gasteiger partial charge < -0.3 is 9.47 Å². The molecule has 1 saturated carbocycles. The summed E-state index contributed by atoms with van der Waals surface area (Å²) in [5.74, 6) is -0.0548. The Morgan fingerprint density at radius 3 is 2.25 bits per heavy atom. The minimum Gasteiger partial charge on any atom is -0.490 e. The van der Waals surface area contributed by atoms with Gasteiger partial charge in [0.05, 0.1) is 23.2 Å². The molecule has 3 fully saturated rings. The molecule has 1 aromatic carbocycles. The number of carbonyl (C=O) groups excluding carboxylic acids is 1. The third kappa shape index (κ3) is 3.42. The van der Waals surface area contributed by atoms with Gasteiger partial charge in [0.15, 0.2) is 0 Å². The van der Waals surface area contributed by atoms with E-state index in [9.17, 15) is 13.2 Å². The Bertz CT molecular complexity index is 714. The minimum absolute atomic E-state index is 0.0778. The van der Waals surface area contributed by atoms with Crippen molar-refractivity contribution in [1.82, 2.24) is 4.72 Å². The fraction of sp³-hybridized carbons (Fsp3) is 0.588. The lowest BCUT2D eigenvalue weighted by atomic mass is 9.95. The lowest BCUT2D eigenvalue weighted by molar-refractivity contribution is -0.128. The Morgan fingerprint density at radius 2 is 1.67 bits per heavy atom. The number of fused-ring (bicyclic) bond motifs is 2. The number of benzene rings is 1. The van der Waals surface area contributed by atoms with Gasteiger partial charge in [-0.2, -0.15) is 0 Å². The second-order valence-electron chi connectivity index (χ2n) is 6.88. The first-order valence-corrected chi connectivity index (χ1v) is 9.97. The van der Waals surface area contributed by atoms with Crippen molar-refractivity contribution in [3.8, 4) is 5.75 Å². The Labute approximate surface area is 141 Å². The van der Waals surface area contributed by atoms with Gasteiger partial charge in [0.1, 0.15) is 5.75 Å². The molecular formula is C17H21NO5S. The van der Waals surface area contributed by atoms with Gasteiger partial charge in [0, 0.05) is 5.92 Å².